The van der Waals surface area contributed by atoms with Crippen molar-refractivity contribution >= 4 is 35.3 Å². The number of fused-ring (bicyclic) bond motifs is 1. The minimum Gasteiger partial charge on any atom is -0.452 e. The minimum absolute atomic E-state index is 0.00870. The molecule has 3 aromatic rings. The monoisotopic (exact) mass is 499 g/mol. The van der Waals surface area contributed by atoms with Gasteiger partial charge in [-0.15, -0.1) is 0 Å². The van der Waals surface area contributed by atoms with E-state index in [2.05, 4.69) is 5.32 Å². The van der Waals surface area contributed by atoms with Crippen LogP contribution in [-0.2, 0) is 20.9 Å². The van der Waals surface area contributed by atoms with E-state index in [1.165, 1.54) is 19.2 Å². The molecule has 9 heteroatoms. The van der Waals surface area contributed by atoms with E-state index in [1.54, 1.807) is 48.5 Å². The lowest BCUT2D eigenvalue weighted by molar-refractivity contribution is -0.136. The van der Waals surface area contributed by atoms with Gasteiger partial charge in [-0.05, 0) is 48.9 Å². The summed E-state index contributed by atoms with van der Waals surface area (Å²) < 4.78 is 5.13. The van der Waals surface area contributed by atoms with Gasteiger partial charge >= 0.3 is 5.97 Å². The van der Waals surface area contributed by atoms with Gasteiger partial charge < -0.3 is 15.0 Å². The number of carbonyl (C=O) groups excluding carboxylic acids is 5. The number of nitrogens with one attached hydrogen (secondary N) is 1. The van der Waals surface area contributed by atoms with Crippen LogP contribution in [0.2, 0.25) is 0 Å². The van der Waals surface area contributed by atoms with E-state index in [0.29, 0.717) is 22.4 Å². The lowest BCUT2D eigenvalue weighted by atomic mass is 10.1. The maximum atomic E-state index is 12.6. The fourth-order valence-corrected chi connectivity index (χ4v) is 3.82. The van der Waals surface area contributed by atoms with Crippen molar-refractivity contribution < 1.29 is 28.7 Å². The molecular weight excluding hydrogens is 474 g/mol. The molecule has 0 saturated heterocycles. The number of rotatable bonds is 8. The van der Waals surface area contributed by atoms with Gasteiger partial charge in [0, 0.05) is 12.7 Å². The van der Waals surface area contributed by atoms with E-state index in [0.717, 1.165) is 15.4 Å². The van der Waals surface area contributed by atoms with Crippen LogP contribution < -0.4 is 5.32 Å². The Balaban J connectivity index is 1.29. The molecule has 1 aliphatic rings. The van der Waals surface area contributed by atoms with Gasteiger partial charge in [-0.1, -0.05) is 42.0 Å². The Hall–Kier alpha value is -4.79. The molecule has 0 fully saturated rings. The molecule has 188 valence electrons. The normalized spacial score (nSPS) is 12.2. The summed E-state index contributed by atoms with van der Waals surface area (Å²) in [5.41, 5.74) is 3.09. The molecule has 0 aliphatic carbocycles. The molecule has 1 heterocycles. The summed E-state index contributed by atoms with van der Waals surface area (Å²) in [7, 11) is 1.44. The number of benzene rings is 3. The molecule has 0 unspecified atom stereocenters. The third-order valence-corrected chi connectivity index (χ3v) is 5.85. The van der Waals surface area contributed by atoms with Crippen molar-refractivity contribution in [2.75, 3.05) is 25.5 Å². The second-order valence-electron chi connectivity index (χ2n) is 8.68. The number of nitrogens with zero attached hydrogens (tertiary/aromatic N) is 2. The fraction of sp³-hybridized carbons (Fsp3) is 0.179. The van der Waals surface area contributed by atoms with Crippen LogP contribution in [0, 0.1) is 6.92 Å². The first-order valence-corrected chi connectivity index (χ1v) is 11.5. The Kier molecular flexibility index (Phi) is 7.43. The second kappa shape index (κ2) is 10.9. The summed E-state index contributed by atoms with van der Waals surface area (Å²) in [4.78, 5) is 64.6. The van der Waals surface area contributed by atoms with Gasteiger partial charge in [-0.2, -0.15) is 0 Å². The molecule has 0 atom stereocenters. The highest BCUT2D eigenvalue weighted by atomic mass is 16.5. The topological polar surface area (TPSA) is 113 Å². The lowest BCUT2D eigenvalue weighted by Crippen LogP contribution is -2.37. The molecule has 37 heavy (non-hydrogen) atoms. The quantitative estimate of drug-likeness (QED) is 0.377. The van der Waals surface area contributed by atoms with Crippen molar-refractivity contribution in [3.8, 4) is 0 Å². The predicted molar refractivity (Wildman–Crippen MR) is 135 cm³/mol. The summed E-state index contributed by atoms with van der Waals surface area (Å²) in [6, 6.07) is 20.1. The maximum Gasteiger partial charge on any atom is 0.338 e. The molecule has 4 rings (SSSR count). The van der Waals surface area contributed by atoms with E-state index < -0.39 is 30.3 Å². The number of amides is 4. The smallest absolute Gasteiger partial charge is 0.338 e. The van der Waals surface area contributed by atoms with Crippen LogP contribution in [0.25, 0.3) is 0 Å². The van der Waals surface area contributed by atoms with Gasteiger partial charge in [0.2, 0.25) is 5.91 Å². The zero-order chi connectivity index (χ0) is 26.5. The first-order chi connectivity index (χ1) is 17.7. The molecule has 1 N–H and O–H groups in total. The van der Waals surface area contributed by atoms with Gasteiger partial charge in [0.1, 0.15) is 0 Å². The van der Waals surface area contributed by atoms with E-state index in [1.807, 2.05) is 19.1 Å². The van der Waals surface area contributed by atoms with E-state index in [9.17, 15) is 24.0 Å². The van der Waals surface area contributed by atoms with Crippen LogP contribution in [0.15, 0.2) is 72.8 Å². The number of carbonyl (C=O) groups is 5. The van der Waals surface area contributed by atoms with Crippen LogP contribution >= 0.6 is 0 Å². The lowest BCUT2D eigenvalue weighted by Gasteiger charge is -2.17. The van der Waals surface area contributed by atoms with Crippen LogP contribution in [0.4, 0.5) is 5.69 Å². The molecule has 1 aliphatic heterocycles. The summed E-state index contributed by atoms with van der Waals surface area (Å²) in [5, 5.41) is 2.70. The third-order valence-electron chi connectivity index (χ3n) is 5.85. The highest BCUT2D eigenvalue weighted by Crippen LogP contribution is 2.24. The Morgan fingerprint density at radius 2 is 1.54 bits per heavy atom. The Labute approximate surface area is 213 Å². The highest BCUT2D eigenvalue weighted by molar-refractivity contribution is 6.21. The summed E-state index contributed by atoms with van der Waals surface area (Å²) in [6.45, 7) is 1.17. The van der Waals surface area contributed by atoms with E-state index in [-0.39, 0.29) is 24.6 Å². The first kappa shape index (κ1) is 25.3. The summed E-state index contributed by atoms with van der Waals surface area (Å²) in [6.07, 6.45) is 0. The van der Waals surface area contributed by atoms with Crippen LogP contribution in [-0.4, -0.2) is 59.6 Å². The Bertz CT molecular complexity index is 1350. The average molecular weight is 500 g/mol. The number of ether oxygens (including phenoxy) is 1. The maximum absolute atomic E-state index is 12.6. The predicted octanol–water partition coefficient (Wildman–Crippen LogP) is 3.05. The van der Waals surface area contributed by atoms with Gasteiger partial charge in [0.25, 0.3) is 17.7 Å². The Morgan fingerprint density at radius 3 is 2.19 bits per heavy atom. The standard InChI is InChI=1S/C28H25N3O6/c1-18-10-12-21(13-11-18)29-24(32)16-30(2)25(33)17-37-28(36)20-7-5-6-19(14-20)15-31-26(34)22-8-3-4-9-23(22)27(31)35/h3-14H,15-17H2,1-2H3,(H,29,32). The van der Waals surface area contributed by atoms with Crippen LogP contribution in [0.5, 0.6) is 0 Å². The molecule has 0 radical (unpaired) electrons. The van der Waals surface area contributed by atoms with Crippen molar-refractivity contribution in [1.29, 1.82) is 0 Å². The van der Waals surface area contributed by atoms with Crippen LogP contribution in [0.3, 0.4) is 0 Å². The van der Waals surface area contributed by atoms with E-state index in [4.69, 9.17) is 4.74 Å². The SMILES string of the molecule is Cc1ccc(NC(=O)CN(C)C(=O)COC(=O)c2cccc(CN3C(=O)c4ccccc4C3=O)c2)cc1. The number of esters is 1. The van der Waals surface area contributed by atoms with Crippen molar-refractivity contribution in [3.63, 3.8) is 0 Å². The van der Waals surface area contributed by atoms with Crippen molar-refractivity contribution in [3.05, 3.63) is 101 Å². The number of hydrogen-bond acceptors (Lipinski definition) is 6. The number of imide groups is 1. The molecule has 3 aromatic carbocycles. The molecule has 0 bridgehead atoms. The second-order valence-corrected chi connectivity index (χ2v) is 8.68. The van der Waals surface area contributed by atoms with Gasteiger partial charge in [0.05, 0.1) is 29.8 Å². The number of hydrogen-bond donors (Lipinski definition) is 1. The molecule has 4 amide bonds. The zero-order valence-electron chi connectivity index (χ0n) is 20.4. The molecular formula is C28H25N3O6. The molecule has 0 spiro atoms. The number of anilines is 1. The first-order valence-electron chi connectivity index (χ1n) is 11.5. The van der Waals surface area contributed by atoms with Gasteiger partial charge in [-0.3, -0.25) is 24.1 Å². The van der Waals surface area contributed by atoms with Crippen molar-refractivity contribution in [2.45, 2.75) is 13.5 Å². The Morgan fingerprint density at radius 1 is 0.892 bits per heavy atom. The fourth-order valence-electron chi connectivity index (χ4n) is 3.82. The average Bonchev–Trinajstić information content (AvgIpc) is 3.13. The van der Waals surface area contributed by atoms with E-state index >= 15 is 0 Å². The van der Waals surface area contributed by atoms with Gasteiger partial charge in [-0.25, -0.2) is 4.79 Å². The molecule has 9 nitrogen and oxygen atoms in total. The summed E-state index contributed by atoms with van der Waals surface area (Å²) >= 11 is 0. The highest BCUT2D eigenvalue weighted by Gasteiger charge is 2.35. The molecule has 0 saturated carbocycles. The zero-order valence-corrected chi connectivity index (χ0v) is 20.4. The molecule has 0 aromatic heterocycles. The van der Waals surface area contributed by atoms with Crippen molar-refractivity contribution in [1.82, 2.24) is 9.80 Å². The summed E-state index contributed by atoms with van der Waals surface area (Å²) in [5.74, 6) is -2.46. The number of likely N-dealkylation sites (N-methyl/N-ethyl adjacent to an activating group) is 1. The number of aryl methyl sites for hydroxylation is 1. The van der Waals surface area contributed by atoms with Gasteiger partial charge in [0.15, 0.2) is 6.61 Å². The minimum atomic E-state index is -0.741. The third kappa shape index (κ3) is 5.90. The van der Waals surface area contributed by atoms with Crippen LogP contribution in [0.1, 0.15) is 42.2 Å². The largest absolute Gasteiger partial charge is 0.452 e. The van der Waals surface area contributed by atoms with Crippen molar-refractivity contribution in [2.24, 2.45) is 0 Å².